The summed E-state index contributed by atoms with van der Waals surface area (Å²) >= 11 is 6.00. The van der Waals surface area contributed by atoms with E-state index in [-0.39, 0.29) is 0 Å². The smallest absolute Gasteiger partial charge is 0.224 e. The Morgan fingerprint density at radius 1 is 1.54 bits per heavy atom. The molecule has 2 aromatic heterocycles. The van der Waals surface area contributed by atoms with Gasteiger partial charge in [0.25, 0.3) is 0 Å². The van der Waals surface area contributed by atoms with E-state index in [0.29, 0.717) is 16.5 Å². The molecule has 0 fully saturated rings. The summed E-state index contributed by atoms with van der Waals surface area (Å²) in [6.45, 7) is 1.87. The molecule has 6 heteroatoms. The third-order valence-corrected chi connectivity index (χ3v) is 2.29. The largest absolute Gasteiger partial charge is 0.342 e. The van der Waals surface area contributed by atoms with Crippen molar-refractivity contribution < 1.29 is 4.52 Å². The van der Waals surface area contributed by atoms with Crippen LogP contribution in [0.25, 0.3) is 11.5 Å². The lowest BCUT2D eigenvalue weighted by molar-refractivity contribution is 0.418. The Morgan fingerprint density at radius 2 is 2.31 bits per heavy atom. The first-order valence-electron chi connectivity index (χ1n) is 3.66. The molecule has 0 radical (unpaired) electrons. The first-order valence-corrected chi connectivity index (χ1v) is 4.04. The molecule has 5 nitrogen and oxygen atoms in total. The summed E-state index contributed by atoms with van der Waals surface area (Å²) in [5, 5.41) is 8.37. The monoisotopic (exact) mass is 198 g/mol. The lowest BCUT2D eigenvalue weighted by atomic mass is 10.3. The second kappa shape index (κ2) is 2.85. The van der Waals surface area contributed by atoms with Gasteiger partial charge in [-0.2, -0.15) is 10.1 Å². The molecule has 13 heavy (non-hydrogen) atoms. The molecule has 0 amide bonds. The van der Waals surface area contributed by atoms with Gasteiger partial charge in [0, 0.05) is 7.05 Å². The van der Waals surface area contributed by atoms with Crippen LogP contribution in [0.2, 0.25) is 5.02 Å². The summed E-state index contributed by atoms with van der Waals surface area (Å²) in [6.07, 6.45) is 1.25. The van der Waals surface area contributed by atoms with Gasteiger partial charge in [-0.1, -0.05) is 16.8 Å². The average Bonchev–Trinajstić information content (AvgIpc) is 2.70. The Labute approximate surface area is 79.3 Å². The normalized spacial score (nSPS) is 10.7. The van der Waals surface area contributed by atoms with Crippen LogP contribution in [0.3, 0.4) is 0 Å². The summed E-state index contributed by atoms with van der Waals surface area (Å²) in [5.41, 5.74) is 1.43. The molecular formula is C7H7ClN4O. The molecule has 68 valence electrons. The first-order chi connectivity index (χ1) is 6.20. The summed E-state index contributed by atoms with van der Waals surface area (Å²) in [7, 11) is 1.81. The zero-order valence-corrected chi connectivity index (χ0v) is 7.91. The maximum absolute atomic E-state index is 6.00. The summed E-state index contributed by atoms with van der Waals surface area (Å²) in [6, 6.07) is 0. The SMILES string of the molecule is Cc1c(Cl)c(-c2ncon2)nn1C. The highest BCUT2D eigenvalue weighted by Crippen LogP contribution is 2.26. The van der Waals surface area contributed by atoms with Crippen LogP contribution in [-0.4, -0.2) is 19.9 Å². The topological polar surface area (TPSA) is 56.7 Å². The van der Waals surface area contributed by atoms with Crippen molar-refractivity contribution >= 4 is 11.6 Å². The molecule has 0 unspecified atom stereocenters. The van der Waals surface area contributed by atoms with E-state index in [1.807, 2.05) is 14.0 Å². The van der Waals surface area contributed by atoms with Gasteiger partial charge in [-0.25, -0.2) is 0 Å². The van der Waals surface area contributed by atoms with Gasteiger partial charge in [-0.15, -0.1) is 0 Å². The lowest BCUT2D eigenvalue weighted by Gasteiger charge is -1.89. The van der Waals surface area contributed by atoms with E-state index >= 15 is 0 Å². The minimum Gasteiger partial charge on any atom is -0.342 e. The highest BCUT2D eigenvalue weighted by molar-refractivity contribution is 6.33. The summed E-state index contributed by atoms with van der Waals surface area (Å²) in [4.78, 5) is 3.86. The number of hydrogen-bond donors (Lipinski definition) is 0. The fraction of sp³-hybridized carbons (Fsp3) is 0.286. The van der Waals surface area contributed by atoms with Gasteiger partial charge in [0.15, 0.2) is 5.69 Å². The van der Waals surface area contributed by atoms with Crippen LogP contribution in [0.1, 0.15) is 5.69 Å². The molecular weight excluding hydrogens is 192 g/mol. The van der Waals surface area contributed by atoms with Crippen molar-refractivity contribution in [2.75, 3.05) is 0 Å². The molecule has 0 spiro atoms. The predicted molar refractivity (Wildman–Crippen MR) is 46.2 cm³/mol. The Hall–Kier alpha value is -1.36. The Kier molecular flexibility index (Phi) is 1.81. The Morgan fingerprint density at radius 3 is 2.77 bits per heavy atom. The number of halogens is 1. The van der Waals surface area contributed by atoms with Crippen LogP contribution in [0, 0.1) is 6.92 Å². The summed E-state index contributed by atoms with van der Waals surface area (Å²) < 4.78 is 6.28. The number of rotatable bonds is 1. The van der Waals surface area contributed by atoms with Gasteiger partial charge < -0.3 is 4.52 Å². The van der Waals surface area contributed by atoms with Crippen molar-refractivity contribution in [3.05, 3.63) is 17.1 Å². The molecule has 0 bridgehead atoms. The molecule has 0 aromatic carbocycles. The fourth-order valence-corrected chi connectivity index (χ4v) is 1.24. The third-order valence-electron chi connectivity index (χ3n) is 1.83. The highest BCUT2D eigenvalue weighted by Gasteiger charge is 2.15. The predicted octanol–water partition coefficient (Wildman–Crippen LogP) is 1.43. The summed E-state index contributed by atoms with van der Waals surface area (Å²) in [5.74, 6) is 0.411. The van der Waals surface area contributed by atoms with Crippen LogP contribution < -0.4 is 0 Å². The van der Waals surface area contributed by atoms with Crippen molar-refractivity contribution in [3.63, 3.8) is 0 Å². The molecule has 0 aliphatic heterocycles. The third kappa shape index (κ3) is 1.21. The van der Waals surface area contributed by atoms with E-state index in [9.17, 15) is 0 Å². The molecule has 0 aliphatic carbocycles. The number of hydrogen-bond acceptors (Lipinski definition) is 4. The van der Waals surface area contributed by atoms with E-state index in [1.54, 1.807) is 4.68 Å². The van der Waals surface area contributed by atoms with Gasteiger partial charge >= 0.3 is 0 Å². The second-order valence-electron chi connectivity index (χ2n) is 2.63. The van der Waals surface area contributed by atoms with Gasteiger partial charge in [-0.3, -0.25) is 4.68 Å². The van der Waals surface area contributed by atoms with Crippen molar-refractivity contribution in [1.82, 2.24) is 19.9 Å². The van der Waals surface area contributed by atoms with Crippen molar-refractivity contribution in [2.24, 2.45) is 7.05 Å². The average molecular weight is 199 g/mol. The van der Waals surface area contributed by atoms with Crippen LogP contribution >= 0.6 is 11.6 Å². The minimum absolute atomic E-state index is 0.411. The van der Waals surface area contributed by atoms with Crippen molar-refractivity contribution in [3.8, 4) is 11.5 Å². The molecule has 0 N–H and O–H groups in total. The molecule has 0 saturated heterocycles. The number of nitrogens with zero attached hydrogens (tertiary/aromatic N) is 4. The van der Waals surface area contributed by atoms with E-state index in [4.69, 9.17) is 11.6 Å². The zero-order chi connectivity index (χ0) is 9.42. The van der Waals surface area contributed by atoms with Crippen molar-refractivity contribution in [1.29, 1.82) is 0 Å². The Balaban J connectivity index is 2.59. The van der Waals surface area contributed by atoms with Gasteiger partial charge in [0.05, 0.1) is 10.7 Å². The fourth-order valence-electron chi connectivity index (χ4n) is 1.00. The second-order valence-corrected chi connectivity index (χ2v) is 3.00. The standard InChI is InChI=1S/C7H7ClN4O/c1-4-5(8)6(10-12(4)2)7-9-3-13-11-7/h3H,1-2H3. The van der Waals surface area contributed by atoms with E-state index in [1.165, 1.54) is 6.39 Å². The number of aromatic nitrogens is 4. The highest BCUT2D eigenvalue weighted by atomic mass is 35.5. The lowest BCUT2D eigenvalue weighted by Crippen LogP contribution is -1.92. The number of aryl methyl sites for hydroxylation is 1. The van der Waals surface area contributed by atoms with E-state index in [0.717, 1.165) is 5.69 Å². The first kappa shape index (κ1) is 8.25. The molecule has 0 aliphatic rings. The molecule has 2 heterocycles. The van der Waals surface area contributed by atoms with Crippen LogP contribution in [0.4, 0.5) is 0 Å². The Bertz CT molecular complexity index is 420. The van der Waals surface area contributed by atoms with Crippen molar-refractivity contribution in [2.45, 2.75) is 6.92 Å². The molecule has 2 aromatic rings. The van der Waals surface area contributed by atoms with E-state index < -0.39 is 0 Å². The maximum atomic E-state index is 6.00. The molecule has 0 saturated carbocycles. The van der Waals surface area contributed by atoms with Gasteiger partial charge in [0.2, 0.25) is 12.2 Å². The van der Waals surface area contributed by atoms with Crippen LogP contribution in [0.15, 0.2) is 10.9 Å². The molecule has 0 atom stereocenters. The van der Waals surface area contributed by atoms with Crippen LogP contribution in [0.5, 0.6) is 0 Å². The minimum atomic E-state index is 0.411. The van der Waals surface area contributed by atoms with E-state index in [2.05, 4.69) is 19.8 Å². The molecule has 2 rings (SSSR count). The van der Waals surface area contributed by atoms with Gasteiger partial charge in [-0.05, 0) is 6.92 Å². The van der Waals surface area contributed by atoms with Gasteiger partial charge in [0.1, 0.15) is 0 Å². The zero-order valence-electron chi connectivity index (χ0n) is 7.15. The quantitative estimate of drug-likeness (QED) is 0.696. The van der Waals surface area contributed by atoms with Crippen LogP contribution in [-0.2, 0) is 7.05 Å². The maximum Gasteiger partial charge on any atom is 0.224 e.